The fourth-order valence-electron chi connectivity index (χ4n) is 3.09. The second kappa shape index (κ2) is 11.0. The van der Waals surface area contributed by atoms with Gasteiger partial charge in [0.15, 0.2) is 0 Å². The molecule has 0 saturated carbocycles. The fraction of sp³-hybridized carbons (Fsp3) is 0.333. The lowest BCUT2D eigenvalue weighted by atomic mass is 10.2. The third-order valence-electron chi connectivity index (χ3n) is 4.64. The molecule has 1 heterocycles. The highest BCUT2D eigenvalue weighted by Crippen LogP contribution is 2.41. The lowest BCUT2D eigenvalue weighted by Gasteiger charge is -2.29. The van der Waals surface area contributed by atoms with E-state index in [1.165, 1.54) is 11.8 Å². The van der Waals surface area contributed by atoms with Crippen LogP contribution in [0, 0.1) is 0 Å². The number of amides is 2. The molecule has 164 valence electrons. The van der Waals surface area contributed by atoms with Gasteiger partial charge in [0.25, 0.3) is 5.91 Å². The quantitative estimate of drug-likeness (QED) is 0.470. The van der Waals surface area contributed by atoms with Crippen molar-refractivity contribution in [3.05, 3.63) is 59.0 Å². The van der Waals surface area contributed by atoms with Gasteiger partial charge in [0.1, 0.15) is 12.3 Å². The number of nitrogens with zero attached hydrogens (tertiary/aromatic N) is 1. The number of thioether (sulfide) groups is 1. The highest BCUT2D eigenvalue weighted by Gasteiger charge is 2.30. The number of nitrogens with one attached hydrogen (secondary N) is 1. The molecule has 31 heavy (non-hydrogen) atoms. The standard InChI is InChI=1S/C24H28N2O4S/c1-17(2)30-14-6-13-25-23(27)16-26-20-7-4-5-8-21(20)31-22(24(26)28)15-18-9-11-19(29-3)12-10-18/h4-5,7-12,15,17H,6,13-14,16H2,1-3H3,(H,25,27)/b22-15+. The van der Waals surface area contributed by atoms with Crippen LogP contribution >= 0.6 is 11.8 Å². The van der Waals surface area contributed by atoms with E-state index in [0.29, 0.717) is 18.1 Å². The monoisotopic (exact) mass is 440 g/mol. The van der Waals surface area contributed by atoms with Crippen LogP contribution in [0.5, 0.6) is 5.75 Å². The molecule has 0 unspecified atom stereocenters. The Morgan fingerprint density at radius 2 is 1.90 bits per heavy atom. The molecule has 6 nitrogen and oxygen atoms in total. The zero-order chi connectivity index (χ0) is 22.2. The van der Waals surface area contributed by atoms with E-state index >= 15 is 0 Å². The maximum atomic E-state index is 13.2. The normalized spacial score (nSPS) is 14.6. The van der Waals surface area contributed by atoms with Crippen molar-refractivity contribution < 1.29 is 19.1 Å². The average Bonchev–Trinajstić information content (AvgIpc) is 2.76. The Kier molecular flexibility index (Phi) is 8.14. The minimum absolute atomic E-state index is 0.0264. The summed E-state index contributed by atoms with van der Waals surface area (Å²) in [5, 5.41) is 2.88. The SMILES string of the molecule is COc1ccc(/C=C2/Sc3ccccc3N(CC(=O)NCCCOC(C)C)C2=O)cc1. The Balaban J connectivity index is 1.71. The predicted molar refractivity (Wildman–Crippen MR) is 124 cm³/mol. The van der Waals surface area contributed by atoms with Crippen LogP contribution < -0.4 is 15.0 Å². The van der Waals surface area contributed by atoms with Crippen LogP contribution in [0.2, 0.25) is 0 Å². The van der Waals surface area contributed by atoms with E-state index in [0.717, 1.165) is 28.3 Å². The number of rotatable bonds is 9. The highest BCUT2D eigenvalue weighted by atomic mass is 32.2. The Morgan fingerprint density at radius 3 is 2.61 bits per heavy atom. The number of ether oxygens (including phenoxy) is 2. The smallest absolute Gasteiger partial charge is 0.265 e. The Labute approximate surface area is 187 Å². The molecular weight excluding hydrogens is 412 g/mol. The number of hydrogen-bond acceptors (Lipinski definition) is 5. The van der Waals surface area contributed by atoms with E-state index in [4.69, 9.17) is 9.47 Å². The van der Waals surface area contributed by atoms with Crippen LogP contribution in [-0.4, -0.2) is 44.7 Å². The maximum Gasteiger partial charge on any atom is 0.265 e. The van der Waals surface area contributed by atoms with Crippen molar-refractivity contribution in [2.24, 2.45) is 0 Å². The molecule has 3 rings (SSSR count). The largest absolute Gasteiger partial charge is 0.497 e. The lowest BCUT2D eigenvalue weighted by molar-refractivity contribution is -0.122. The molecule has 7 heteroatoms. The summed E-state index contributed by atoms with van der Waals surface area (Å²) in [6, 6.07) is 15.1. The first kappa shape index (κ1) is 22.9. The Morgan fingerprint density at radius 1 is 1.16 bits per heavy atom. The number of methoxy groups -OCH3 is 1. The van der Waals surface area contributed by atoms with Crippen molar-refractivity contribution in [3.8, 4) is 5.75 Å². The van der Waals surface area contributed by atoms with Crippen molar-refractivity contribution in [1.82, 2.24) is 5.32 Å². The third kappa shape index (κ3) is 6.35. The van der Waals surface area contributed by atoms with Crippen molar-refractivity contribution in [1.29, 1.82) is 0 Å². The van der Waals surface area contributed by atoms with Gasteiger partial charge in [-0.25, -0.2) is 0 Å². The van der Waals surface area contributed by atoms with Gasteiger partial charge in [0, 0.05) is 18.0 Å². The zero-order valence-corrected chi connectivity index (χ0v) is 18.9. The van der Waals surface area contributed by atoms with E-state index in [1.54, 1.807) is 12.0 Å². The van der Waals surface area contributed by atoms with Gasteiger partial charge in [0.05, 0.1) is 23.8 Å². The molecule has 0 fully saturated rings. The number of benzene rings is 2. The molecule has 1 aliphatic rings. The molecule has 2 aromatic carbocycles. The molecule has 0 spiro atoms. The van der Waals surface area contributed by atoms with E-state index in [-0.39, 0.29) is 24.5 Å². The van der Waals surface area contributed by atoms with Crippen LogP contribution in [0.3, 0.4) is 0 Å². The summed E-state index contributed by atoms with van der Waals surface area (Å²) in [4.78, 5) is 28.8. The number of para-hydroxylation sites is 1. The minimum Gasteiger partial charge on any atom is -0.497 e. The number of anilines is 1. The van der Waals surface area contributed by atoms with Gasteiger partial charge in [-0.2, -0.15) is 0 Å². The molecule has 1 aliphatic heterocycles. The molecule has 2 amide bonds. The summed E-state index contributed by atoms with van der Waals surface area (Å²) in [5.41, 5.74) is 1.65. The molecule has 0 atom stereocenters. The molecule has 0 saturated heterocycles. The van der Waals surface area contributed by atoms with Crippen molar-refractivity contribution in [3.63, 3.8) is 0 Å². The van der Waals surface area contributed by atoms with Crippen LogP contribution in [0.15, 0.2) is 58.3 Å². The summed E-state index contributed by atoms with van der Waals surface area (Å²) in [5.74, 6) is 0.383. The van der Waals surface area contributed by atoms with Crippen molar-refractivity contribution >= 4 is 35.3 Å². The summed E-state index contributed by atoms with van der Waals surface area (Å²) < 4.78 is 10.7. The average molecular weight is 441 g/mol. The fourth-order valence-corrected chi connectivity index (χ4v) is 4.15. The topological polar surface area (TPSA) is 67.9 Å². The molecule has 0 aliphatic carbocycles. The van der Waals surface area contributed by atoms with E-state index in [9.17, 15) is 9.59 Å². The first-order chi connectivity index (χ1) is 15.0. The summed E-state index contributed by atoms with van der Waals surface area (Å²) >= 11 is 1.42. The summed E-state index contributed by atoms with van der Waals surface area (Å²) in [6.07, 6.45) is 2.75. The van der Waals surface area contributed by atoms with Gasteiger partial charge in [-0.05, 0) is 56.2 Å². The van der Waals surface area contributed by atoms with Crippen LogP contribution in [0.25, 0.3) is 6.08 Å². The zero-order valence-electron chi connectivity index (χ0n) is 18.1. The first-order valence-electron chi connectivity index (χ1n) is 10.3. The van der Waals surface area contributed by atoms with Gasteiger partial charge in [-0.3, -0.25) is 14.5 Å². The van der Waals surface area contributed by atoms with Crippen LogP contribution in [0.4, 0.5) is 5.69 Å². The van der Waals surface area contributed by atoms with E-state index in [2.05, 4.69) is 5.32 Å². The van der Waals surface area contributed by atoms with Crippen molar-refractivity contribution in [2.75, 3.05) is 31.7 Å². The summed E-state index contributed by atoms with van der Waals surface area (Å²) in [6.45, 7) is 5.04. The number of hydrogen-bond donors (Lipinski definition) is 1. The first-order valence-corrected chi connectivity index (χ1v) is 11.1. The number of fused-ring (bicyclic) bond motifs is 1. The van der Waals surface area contributed by atoms with E-state index in [1.807, 2.05) is 68.5 Å². The highest BCUT2D eigenvalue weighted by molar-refractivity contribution is 8.04. The molecule has 0 aromatic heterocycles. The van der Waals surface area contributed by atoms with Gasteiger partial charge < -0.3 is 14.8 Å². The Bertz CT molecular complexity index is 941. The third-order valence-corrected chi connectivity index (χ3v) is 5.72. The molecule has 0 radical (unpaired) electrons. The van der Waals surface area contributed by atoms with Gasteiger partial charge in [-0.15, -0.1) is 0 Å². The second-order valence-electron chi connectivity index (χ2n) is 7.37. The number of carbonyl (C=O) groups excluding carboxylic acids is 2. The summed E-state index contributed by atoms with van der Waals surface area (Å²) in [7, 11) is 1.62. The minimum atomic E-state index is -0.191. The van der Waals surface area contributed by atoms with Crippen LogP contribution in [-0.2, 0) is 14.3 Å². The van der Waals surface area contributed by atoms with Crippen LogP contribution in [0.1, 0.15) is 25.8 Å². The predicted octanol–water partition coefficient (Wildman–Crippen LogP) is 4.11. The Hall–Kier alpha value is -2.77. The molecule has 1 N–H and O–H groups in total. The van der Waals surface area contributed by atoms with Gasteiger partial charge >= 0.3 is 0 Å². The lowest BCUT2D eigenvalue weighted by Crippen LogP contribution is -2.43. The van der Waals surface area contributed by atoms with Gasteiger partial charge in [-0.1, -0.05) is 36.0 Å². The maximum absolute atomic E-state index is 13.2. The molecule has 2 aromatic rings. The second-order valence-corrected chi connectivity index (χ2v) is 8.45. The number of carbonyl (C=O) groups is 2. The molecular formula is C24H28N2O4S. The van der Waals surface area contributed by atoms with Crippen molar-refractivity contribution in [2.45, 2.75) is 31.3 Å². The molecule has 0 bridgehead atoms. The van der Waals surface area contributed by atoms with E-state index < -0.39 is 0 Å². The van der Waals surface area contributed by atoms with Gasteiger partial charge in [0.2, 0.25) is 5.91 Å².